The standard InChI is InChI=1S/C17H14BrN5O2/c18-14-5-3-13(4-6-14)17-20-22-23(21-17)10-15(24)11-25-16-7-1-12(9-19)2-8-16/h1-8,15,24H,10-11H2. The second-order valence-corrected chi connectivity index (χ2v) is 6.19. The van der Waals surface area contributed by atoms with Crippen molar-refractivity contribution in [2.45, 2.75) is 12.6 Å². The van der Waals surface area contributed by atoms with Crippen molar-refractivity contribution in [3.8, 4) is 23.2 Å². The van der Waals surface area contributed by atoms with E-state index in [9.17, 15) is 5.11 Å². The van der Waals surface area contributed by atoms with Gasteiger partial charge in [0.05, 0.1) is 18.2 Å². The van der Waals surface area contributed by atoms with Crippen LogP contribution in [0.15, 0.2) is 53.0 Å². The molecule has 1 heterocycles. The Morgan fingerprint density at radius 2 is 1.88 bits per heavy atom. The number of tetrazole rings is 1. The average Bonchev–Trinajstić information content (AvgIpc) is 3.09. The van der Waals surface area contributed by atoms with Crippen molar-refractivity contribution in [2.75, 3.05) is 6.61 Å². The maximum Gasteiger partial charge on any atom is 0.204 e. The third-order valence-electron chi connectivity index (χ3n) is 3.36. The van der Waals surface area contributed by atoms with Crippen LogP contribution >= 0.6 is 15.9 Å². The van der Waals surface area contributed by atoms with Crippen molar-refractivity contribution in [1.82, 2.24) is 20.2 Å². The number of rotatable bonds is 6. The Hall–Kier alpha value is -2.76. The van der Waals surface area contributed by atoms with Gasteiger partial charge in [-0.1, -0.05) is 15.9 Å². The van der Waals surface area contributed by atoms with E-state index in [0.29, 0.717) is 17.1 Å². The van der Waals surface area contributed by atoms with Crippen LogP contribution in [0, 0.1) is 11.3 Å². The van der Waals surface area contributed by atoms with Gasteiger partial charge in [-0.3, -0.25) is 0 Å². The fourth-order valence-corrected chi connectivity index (χ4v) is 2.36. The summed E-state index contributed by atoms with van der Waals surface area (Å²) in [7, 11) is 0. The van der Waals surface area contributed by atoms with Gasteiger partial charge >= 0.3 is 0 Å². The third kappa shape index (κ3) is 4.62. The molecular weight excluding hydrogens is 386 g/mol. The number of aliphatic hydroxyl groups excluding tert-OH is 1. The molecule has 0 aliphatic carbocycles. The first-order chi connectivity index (χ1) is 12.1. The molecule has 0 bridgehead atoms. The molecule has 0 saturated heterocycles. The highest BCUT2D eigenvalue weighted by molar-refractivity contribution is 9.10. The van der Waals surface area contributed by atoms with Crippen LogP contribution in [0.2, 0.25) is 0 Å². The molecule has 2 aromatic carbocycles. The first-order valence-electron chi connectivity index (χ1n) is 7.49. The lowest BCUT2D eigenvalue weighted by molar-refractivity contribution is 0.0850. The number of halogens is 1. The van der Waals surface area contributed by atoms with E-state index >= 15 is 0 Å². The molecule has 0 amide bonds. The summed E-state index contributed by atoms with van der Waals surface area (Å²) in [5.74, 6) is 1.08. The van der Waals surface area contributed by atoms with E-state index in [-0.39, 0.29) is 13.2 Å². The summed E-state index contributed by atoms with van der Waals surface area (Å²) in [6, 6.07) is 16.3. The molecule has 0 fully saturated rings. The van der Waals surface area contributed by atoms with Gasteiger partial charge < -0.3 is 9.84 Å². The number of ether oxygens (including phenoxy) is 1. The fraction of sp³-hybridized carbons (Fsp3) is 0.176. The molecule has 1 unspecified atom stereocenters. The molecule has 0 radical (unpaired) electrons. The largest absolute Gasteiger partial charge is 0.491 e. The van der Waals surface area contributed by atoms with Crippen molar-refractivity contribution < 1.29 is 9.84 Å². The Morgan fingerprint density at radius 1 is 1.16 bits per heavy atom. The maximum atomic E-state index is 10.1. The molecule has 1 N–H and O–H groups in total. The van der Waals surface area contributed by atoms with E-state index in [4.69, 9.17) is 10.00 Å². The smallest absolute Gasteiger partial charge is 0.204 e. The Morgan fingerprint density at radius 3 is 2.56 bits per heavy atom. The van der Waals surface area contributed by atoms with Crippen molar-refractivity contribution in [1.29, 1.82) is 5.26 Å². The van der Waals surface area contributed by atoms with Crippen LogP contribution in [0.4, 0.5) is 0 Å². The molecule has 0 aliphatic rings. The normalized spacial score (nSPS) is 11.7. The van der Waals surface area contributed by atoms with E-state index < -0.39 is 6.10 Å². The molecule has 0 aliphatic heterocycles. The minimum Gasteiger partial charge on any atom is -0.491 e. The number of hydrogen-bond acceptors (Lipinski definition) is 6. The van der Waals surface area contributed by atoms with Gasteiger partial charge in [-0.2, -0.15) is 10.1 Å². The summed E-state index contributed by atoms with van der Waals surface area (Å²) in [5.41, 5.74) is 1.40. The van der Waals surface area contributed by atoms with E-state index in [1.165, 1.54) is 4.80 Å². The Balaban J connectivity index is 1.55. The zero-order valence-corrected chi connectivity index (χ0v) is 14.7. The molecule has 7 nitrogen and oxygen atoms in total. The van der Waals surface area contributed by atoms with Gasteiger partial charge in [-0.05, 0) is 53.7 Å². The van der Waals surface area contributed by atoms with Crippen LogP contribution in [0.3, 0.4) is 0 Å². The predicted molar refractivity (Wildman–Crippen MR) is 93.6 cm³/mol. The minimum absolute atomic E-state index is 0.0844. The van der Waals surface area contributed by atoms with Crippen LogP contribution in [0.5, 0.6) is 5.75 Å². The maximum absolute atomic E-state index is 10.1. The van der Waals surface area contributed by atoms with Gasteiger partial charge in [-0.25, -0.2) is 0 Å². The van der Waals surface area contributed by atoms with Crippen molar-refractivity contribution in [3.63, 3.8) is 0 Å². The van der Waals surface area contributed by atoms with Crippen molar-refractivity contribution >= 4 is 15.9 Å². The summed E-state index contributed by atoms with van der Waals surface area (Å²) in [4.78, 5) is 1.34. The quantitative estimate of drug-likeness (QED) is 0.683. The van der Waals surface area contributed by atoms with Gasteiger partial charge in [0, 0.05) is 10.0 Å². The van der Waals surface area contributed by atoms with Crippen molar-refractivity contribution in [2.24, 2.45) is 0 Å². The highest BCUT2D eigenvalue weighted by Crippen LogP contribution is 2.17. The molecule has 1 atom stereocenters. The first-order valence-corrected chi connectivity index (χ1v) is 8.28. The lowest BCUT2D eigenvalue weighted by atomic mass is 10.2. The zero-order chi connectivity index (χ0) is 17.6. The second kappa shape index (κ2) is 7.88. The van der Waals surface area contributed by atoms with Crippen LogP contribution in [0.1, 0.15) is 5.56 Å². The van der Waals surface area contributed by atoms with Crippen LogP contribution < -0.4 is 4.74 Å². The summed E-state index contributed by atoms with van der Waals surface area (Å²) < 4.78 is 6.46. The molecule has 8 heteroatoms. The molecular formula is C17H14BrN5O2. The number of aliphatic hydroxyl groups is 1. The molecule has 3 aromatic rings. The van der Waals surface area contributed by atoms with Crippen LogP contribution in [-0.4, -0.2) is 38.0 Å². The van der Waals surface area contributed by atoms with E-state index in [0.717, 1.165) is 10.0 Å². The molecule has 0 saturated carbocycles. The Kier molecular flexibility index (Phi) is 5.38. The Labute approximate surface area is 152 Å². The highest BCUT2D eigenvalue weighted by atomic mass is 79.9. The summed E-state index contributed by atoms with van der Waals surface area (Å²) in [5, 5.41) is 31.0. The lowest BCUT2D eigenvalue weighted by Crippen LogP contribution is -2.24. The molecule has 126 valence electrons. The topological polar surface area (TPSA) is 96.8 Å². The molecule has 3 rings (SSSR count). The van der Waals surface area contributed by atoms with Crippen LogP contribution in [-0.2, 0) is 6.54 Å². The summed E-state index contributed by atoms with van der Waals surface area (Å²) in [6.45, 7) is 0.251. The van der Waals surface area contributed by atoms with Gasteiger partial charge in [-0.15, -0.1) is 10.2 Å². The zero-order valence-electron chi connectivity index (χ0n) is 13.1. The molecule has 1 aromatic heterocycles. The van der Waals surface area contributed by atoms with Crippen molar-refractivity contribution in [3.05, 3.63) is 58.6 Å². The highest BCUT2D eigenvalue weighted by Gasteiger charge is 2.11. The second-order valence-electron chi connectivity index (χ2n) is 5.28. The number of nitrogens with zero attached hydrogens (tertiary/aromatic N) is 5. The number of hydrogen-bond donors (Lipinski definition) is 1. The van der Waals surface area contributed by atoms with Gasteiger partial charge in [0.15, 0.2) is 0 Å². The minimum atomic E-state index is -0.789. The van der Waals surface area contributed by atoms with E-state index in [1.54, 1.807) is 24.3 Å². The predicted octanol–water partition coefficient (Wildman–Crippen LogP) is 2.41. The monoisotopic (exact) mass is 399 g/mol. The van der Waals surface area contributed by atoms with Gasteiger partial charge in [0.2, 0.25) is 5.82 Å². The fourth-order valence-electron chi connectivity index (χ4n) is 2.09. The first kappa shape index (κ1) is 17.1. The molecule has 0 spiro atoms. The van der Waals surface area contributed by atoms with E-state index in [2.05, 4.69) is 31.3 Å². The summed E-state index contributed by atoms with van der Waals surface area (Å²) in [6.07, 6.45) is -0.789. The number of benzene rings is 2. The average molecular weight is 400 g/mol. The van der Waals surface area contributed by atoms with Gasteiger partial charge in [0.1, 0.15) is 18.5 Å². The Bertz CT molecular complexity index is 871. The number of aromatic nitrogens is 4. The lowest BCUT2D eigenvalue weighted by Gasteiger charge is -2.11. The SMILES string of the molecule is N#Cc1ccc(OCC(O)Cn2nnc(-c3ccc(Br)cc3)n2)cc1. The van der Waals surface area contributed by atoms with Gasteiger partial charge in [0.25, 0.3) is 0 Å². The summed E-state index contributed by atoms with van der Waals surface area (Å²) >= 11 is 3.38. The van der Waals surface area contributed by atoms with Crippen LogP contribution in [0.25, 0.3) is 11.4 Å². The molecule has 25 heavy (non-hydrogen) atoms. The number of nitriles is 1. The third-order valence-corrected chi connectivity index (χ3v) is 3.88. The van der Waals surface area contributed by atoms with E-state index in [1.807, 2.05) is 30.3 Å².